The van der Waals surface area contributed by atoms with Gasteiger partial charge in [0, 0.05) is 6.42 Å². The molecule has 1 heterocycles. The first-order valence-electron chi connectivity index (χ1n) is 7.90. The summed E-state index contributed by atoms with van der Waals surface area (Å²) in [5, 5.41) is 12.3. The molecule has 0 aromatic heterocycles. The minimum Gasteiger partial charge on any atom is -0.508 e. The summed E-state index contributed by atoms with van der Waals surface area (Å²) in [5.74, 6) is -0.907. The van der Waals surface area contributed by atoms with E-state index in [0.29, 0.717) is 5.56 Å². The molecule has 25 heavy (non-hydrogen) atoms. The van der Waals surface area contributed by atoms with E-state index >= 15 is 0 Å². The third-order valence-corrected chi connectivity index (χ3v) is 4.71. The Hall–Kier alpha value is -2.89. The zero-order valence-corrected chi connectivity index (χ0v) is 13.7. The number of halogens is 1. The largest absolute Gasteiger partial charge is 0.508 e. The van der Waals surface area contributed by atoms with Crippen LogP contribution in [0.25, 0.3) is 0 Å². The first-order chi connectivity index (χ1) is 12.0. The fraction of sp³-hybridized carbons (Fsp3) is 0.263. The molecule has 1 aliphatic rings. The molecular formula is C19H18FNO4. The number of phenols is 1. The highest BCUT2D eigenvalue weighted by Crippen LogP contribution is 2.48. The minimum absolute atomic E-state index is 0.0654. The Morgan fingerprint density at radius 3 is 2.40 bits per heavy atom. The van der Waals surface area contributed by atoms with Crippen molar-refractivity contribution in [2.75, 3.05) is 7.11 Å². The van der Waals surface area contributed by atoms with E-state index < -0.39 is 17.2 Å². The number of ether oxygens (including phenoxy) is 1. The van der Waals surface area contributed by atoms with Gasteiger partial charge in [0.25, 0.3) is 0 Å². The molecule has 3 rings (SSSR count). The molecule has 1 fully saturated rings. The number of nitrogens with one attached hydrogen (secondary N) is 1. The lowest BCUT2D eigenvalue weighted by molar-refractivity contribution is -0.144. The van der Waals surface area contributed by atoms with Gasteiger partial charge in [-0.3, -0.25) is 9.59 Å². The van der Waals surface area contributed by atoms with Crippen LogP contribution in [0.3, 0.4) is 0 Å². The van der Waals surface area contributed by atoms with Crippen LogP contribution < -0.4 is 5.32 Å². The van der Waals surface area contributed by atoms with Crippen molar-refractivity contribution in [3.8, 4) is 5.75 Å². The molecule has 1 saturated heterocycles. The molecule has 0 unspecified atom stereocenters. The Bertz CT molecular complexity index is 788. The number of rotatable bonds is 5. The molecule has 0 bridgehead atoms. The highest BCUT2D eigenvalue weighted by atomic mass is 19.1. The van der Waals surface area contributed by atoms with E-state index in [9.17, 15) is 19.1 Å². The fourth-order valence-electron chi connectivity index (χ4n) is 3.32. The van der Waals surface area contributed by atoms with E-state index in [1.807, 2.05) is 0 Å². The minimum atomic E-state index is -0.987. The lowest BCUT2D eigenvalue weighted by Gasteiger charge is -2.49. The summed E-state index contributed by atoms with van der Waals surface area (Å²) in [6.45, 7) is 0. The predicted molar refractivity (Wildman–Crippen MR) is 88.3 cm³/mol. The summed E-state index contributed by atoms with van der Waals surface area (Å²) in [6.07, 6.45) is 0.304. The number of phenolic OH excluding ortho intramolecular Hbond substituents is 1. The van der Waals surface area contributed by atoms with E-state index in [1.54, 1.807) is 24.3 Å². The first kappa shape index (κ1) is 17.0. The Morgan fingerprint density at radius 2 is 1.84 bits per heavy atom. The van der Waals surface area contributed by atoms with E-state index in [4.69, 9.17) is 4.74 Å². The van der Waals surface area contributed by atoms with Crippen LogP contribution in [-0.4, -0.2) is 24.1 Å². The normalized spacial score (nSPS) is 22.0. The molecule has 0 aliphatic carbocycles. The SMILES string of the molecule is COC(=O)CC[C@]1(c2ccc(F)cc2)C(=O)N[C@H]1c1ccc(O)cc1. The number of aromatic hydroxyl groups is 1. The molecule has 2 N–H and O–H groups in total. The maximum Gasteiger partial charge on any atom is 0.305 e. The highest BCUT2D eigenvalue weighted by molar-refractivity contribution is 5.96. The zero-order valence-electron chi connectivity index (χ0n) is 13.7. The van der Waals surface area contributed by atoms with E-state index in [0.717, 1.165) is 5.56 Å². The molecule has 1 amide bonds. The van der Waals surface area contributed by atoms with Gasteiger partial charge < -0.3 is 15.2 Å². The van der Waals surface area contributed by atoms with Gasteiger partial charge in [0.05, 0.1) is 18.6 Å². The zero-order chi connectivity index (χ0) is 18.0. The van der Waals surface area contributed by atoms with Crippen molar-refractivity contribution in [1.82, 2.24) is 5.32 Å². The quantitative estimate of drug-likeness (QED) is 0.646. The number of esters is 1. The number of benzene rings is 2. The van der Waals surface area contributed by atoms with Gasteiger partial charge in [0.1, 0.15) is 11.6 Å². The number of β-lactam (4-membered cyclic amide) rings is 1. The number of carbonyl (C=O) groups is 2. The molecule has 2 aromatic carbocycles. The number of hydrogen-bond donors (Lipinski definition) is 2. The second kappa shape index (κ2) is 6.55. The summed E-state index contributed by atoms with van der Waals surface area (Å²) in [4.78, 5) is 24.2. The van der Waals surface area contributed by atoms with Crippen molar-refractivity contribution < 1.29 is 23.8 Å². The predicted octanol–water partition coefficient (Wildman–Crippen LogP) is 2.59. The van der Waals surface area contributed by atoms with E-state index in [-0.39, 0.29) is 30.5 Å². The van der Waals surface area contributed by atoms with Crippen molar-refractivity contribution in [3.05, 3.63) is 65.5 Å². The maximum absolute atomic E-state index is 13.3. The summed E-state index contributed by atoms with van der Waals surface area (Å²) in [6, 6.07) is 11.9. The van der Waals surface area contributed by atoms with Crippen molar-refractivity contribution in [2.24, 2.45) is 0 Å². The Labute approximate surface area is 144 Å². The van der Waals surface area contributed by atoms with Crippen LogP contribution in [0, 0.1) is 5.82 Å². The third-order valence-electron chi connectivity index (χ3n) is 4.71. The molecule has 6 heteroatoms. The van der Waals surface area contributed by atoms with Gasteiger partial charge in [0.15, 0.2) is 0 Å². The second-order valence-corrected chi connectivity index (χ2v) is 6.05. The van der Waals surface area contributed by atoms with Crippen LogP contribution in [0.5, 0.6) is 5.75 Å². The Balaban J connectivity index is 2.02. The topological polar surface area (TPSA) is 75.6 Å². The molecular weight excluding hydrogens is 325 g/mol. The van der Waals surface area contributed by atoms with Crippen molar-refractivity contribution in [1.29, 1.82) is 0 Å². The highest BCUT2D eigenvalue weighted by Gasteiger charge is 2.56. The molecule has 1 aliphatic heterocycles. The maximum atomic E-state index is 13.3. The third kappa shape index (κ3) is 2.95. The van der Waals surface area contributed by atoms with Gasteiger partial charge in [-0.1, -0.05) is 24.3 Å². The van der Waals surface area contributed by atoms with Crippen LogP contribution >= 0.6 is 0 Å². The van der Waals surface area contributed by atoms with E-state index in [1.165, 1.54) is 31.4 Å². The average molecular weight is 343 g/mol. The number of amides is 1. The van der Waals surface area contributed by atoms with Gasteiger partial charge in [-0.25, -0.2) is 4.39 Å². The van der Waals surface area contributed by atoms with Crippen LogP contribution in [0.15, 0.2) is 48.5 Å². The molecule has 0 saturated carbocycles. The second-order valence-electron chi connectivity index (χ2n) is 6.05. The van der Waals surface area contributed by atoms with E-state index in [2.05, 4.69) is 5.32 Å². The number of hydrogen-bond acceptors (Lipinski definition) is 4. The lowest BCUT2D eigenvalue weighted by Crippen LogP contribution is -2.64. The Kier molecular flexibility index (Phi) is 4.44. The molecule has 130 valence electrons. The lowest BCUT2D eigenvalue weighted by atomic mass is 9.63. The van der Waals surface area contributed by atoms with Crippen LogP contribution in [0.1, 0.15) is 30.0 Å². The van der Waals surface area contributed by atoms with Crippen LogP contribution in [0.2, 0.25) is 0 Å². The smallest absolute Gasteiger partial charge is 0.305 e. The van der Waals surface area contributed by atoms with Crippen molar-refractivity contribution in [2.45, 2.75) is 24.3 Å². The summed E-state index contributed by atoms with van der Waals surface area (Å²) < 4.78 is 18.0. The average Bonchev–Trinajstić information content (AvgIpc) is 2.62. The van der Waals surface area contributed by atoms with Gasteiger partial charge in [0.2, 0.25) is 5.91 Å². The molecule has 5 nitrogen and oxygen atoms in total. The molecule has 0 radical (unpaired) electrons. The van der Waals surface area contributed by atoms with Gasteiger partial charge >= 0.3 is 5.97 Å². The standard InChI is InChI=1S/C19H18FNO4/c1-25-16(23)10-11-19(13-4-6-14(20)7-5-13)17(21-18(19)24)12-2-8-15(22)9-3-12/h2-9,17,22H,10-11H2,1H3,(H,21,24)/t17-,19+/m0/s1. The number of carbonyl (C=O) groups excluding carboxylic acids is 2. The van der Waals surface area contributed by atoms with Gasteiger partial charge in [-0.05, 0) is 41.8 Å². The summed E-state index contributed by atoms with van der Waals surface area (Å²) >= 11 is 0. The Morgan fingerprint density at radius 1 is 1.20 bits per heavy atom. The monoisotopic (exact) mass is 343 g/mol. The van der Waals surface area contributed by atoms with Crippen LogP contribution in [-0.2, 0) is 19.7 Å². The first-order valence-corrected chi connectivity index (χ1v) is 7.90. The summed E-state index contributed by atoms with van der Waals surface area (Å²) in [5.41, 5.74) is 0.449. The van der Waals surface area contributed by atoms with Gasteiger partial charge in [-0.2, -0.15) is 0 Å². The molecule has 0 spiro atoms. The van der Waals surface area contributed by atoms with Gasteiger partial charge in [-0.15, -0.1) is 0 Å². The molecule has 2 aromatic rings. The van der Waals surface area contributed by atoms with Crippen molar-refractivity contribution >= 4 is 11.9 Å². The number of methoxy groups -OCH3 is 1. The molecule has 2 atom stereocenters. The van der Waals surface area contributed by atoms with Crippen LogP contribution in [0.4, 0.5) is 4.39 Å². The van der Waals surface area contributed by atoms with Crippen molar-refractivity contribution in [3.63, 3.8) is 0 Å². The summed E-state index contributed by atoms with van der Waals surface area (Å²) in [7, 11) is 1.30. The fourth-order valence-corrected chi connectivity index (χ4v) is 3.32.